The predicted molar refractivity (Wildman–Crippen MR) is 100 cm³/mol. The van der Waals surface area contributed by atoms with Gasteiger partial charge in [0.15, 0.2) is 0 Å². The molecule has 0 aromatic heterocycles. The molecule has 0 saturated heterocycles. The highest BCUT2D eigenvalue weighted by molar-refractivity contribution is 5.48. The van der Waals surface area contributed by atoms with Gasteiger partial charge in [0.2, 0.25) is 5.70 Å². The lowest BCUT2D eigenvalue weighted by Gasteiger charge is -1.96. The number of allylic oxidation sites excluding steroid dienone is 7. The largest absolute Gasteiger partial charge is 0.303 e. The molecule has 0 aromatic carbocycles. The standard InChI is InChI=1S/C20H31NO3/c1-2-3-4-5-8-11-14-17-20(21(23)24)18-15-12-9-6-7-10-13-16-19-22/h3-4,8,11-12,15,17,19H,2,5-7,9-10,13-14,16,18H2,1H3/b4-3-,11-8-,15-12-,20-17+. The molecule has 0 radical (unpaired) electrons. The summed E-state index contributed by atoms with van der Waals surface area (Å²) >= 11 is 0. The van der Waals surface area contributed by atoms with Gasteiger partial charge in [-0.1, -0.05) is 56.2 Å². The third-order valence-corrected chi connectivity index (χ3v) is 3.50. The van der Waals surface area contributed by atoms with Gasteiger partial charge in [0.05, 0.1) is 11.3 Å². The first-order valence-corrected chi connectivity index (χ1v) is 8.94. The minimum Gasteiger partial charge on any atom is -0.303 e. The van der Waals surface area contributed by atoms with Crippen LogP contribution in [0.5, 0.6) is 0 Å². The Kier molecular flexibility index (Phi) is 16.0. The molecule has 0 fully saturated rings. The maximum Gasteiger partial charge on any atom is 0.246 e. The molecule has 0 spiro atoms. The number of nitrogens with zero attached hydrogens (tertiary/aromatic N) is 1. The molecule has 0 saturated carbocycles. The molecule has 0 aliphatic carbocycles. The molecule has 0 amide bonds. The number of hydrogen-bond donors (Lipinski definition) is 0. The molecule has 0 atom stereocenters. The van der Waals surface area contributed by atoms with Gasteiger partial charge in [-0.05, 0) is 44.6 Å². The molecule has 0 unspecified atom stereocenters. The fourth-order valence-corrected chi connectivity index (χ4v) is 2.14. The van der Waals surface area contributed by atoms with Crippen LogP contribution in [-0.2, 0) is 4.79 Å². The summed E-state index contributed by atoms with van der Waals surface area (Å²) in [5.41, 5.74) is 0.256. The van der Waals surface area contributed by atoms with Crippen molar-refractivity contribution in [2.24, 2.45) is 0 Å². The SMILES string of the molecule is CC/C=C\C/C=C\C/C=C(\C/C=C\CCCCCCC=O)[N+](=O)[O-]. The number of carbonyl (C=O) groups excluding carboxylic acids is 1. The second-order valence-corrected chi connectivity index (χ2v) is 5.61. The first-order chi connectivity index (χ1) is 11.7. The molecule has 0 bridgehead atoms. The molecular formula is C20H31NO3. The maximum absolute atomic E-state index is 11.0. The third-order valence-electron chi connectivity index (χ3n) is 3.50. The van der Waals surface area contributed by atoms with Crippen LogP contribution in [0.15, 0.2) is 48.2 Å². The van der Waals surface area contributed by atoms with E-state index in [1.54, 1.807) is 6.08 Å². The zero-order valence-electron chi connectivity index (χ0n) is 14.9. The molecule has 134 valence electrons. The van der Waals surface area contributed by atoms with E-state index >= 15 is 0 Å². The van der Waals surface area contributed by atoms with Crippen molar-refractivity contribution in [3.05, 3.63) is 58.3 Å². The molecule has 24 heavy (non-hydrogen) atoms. The average Bonchev–Trinajstić information content (AvgIpc) is 2.57. The number of aldehydes is 1. The van der Waals surface area contributed by atoms with Crippen LogP contribution in [-0.4, -0.2) is 11.2 Å². The summed E-state index contributed by atoms with van der Waals surface area (Å²) in [6.45, 7) is 2.09. The van der Waals surface area contributed by atoms with E-state index in [9.17, 15) is 14.9 Å². The summed E-state index contributed by atoms with van der Waals surface area (Å²) < 4.78 is 0. The van der Waals surface area contributed by atoms with Crippen LogP contribution in [0, 0.1) is 10.1 Å². The highest BCUT2D eigenvalue weighted by Gasteiger charge is 2.06. The van der Waals surface area contributed by atoms with E-state index in [4.69, 9.17) is 0 Å². The molecule has 0 aliphatic rings. The van der Waals surface area contributed by atoms with Crippen LogP contribution in [0.4, 0.5) is 0 Å². The number of rotatable bonds is 15. The van der Waals surface area contributed by atoms with Gasteiger partial charge in [0.1, 0.15) is 6.29 Å². The van der Waals surface area contributed by atoms with Crippen molar-refractivity contribution in [1.82, 2.24) is 0 Å². The summed E-state index contributed by atoms with van der Waals surface area (Å²) in [5.74, 6) is 0. The van der Waals surface area contributed by atoms with Gasteiger partial charge in [0.25, 0.3) is 0 Å². The minimum absolute atomic E-state index is 0.256. The molecular weight excluding hydrogens is 302 g/mol. The van der Waals surface area contributed by atoms with Crippen molar-refractivity contribution in [1.29, 1.82) is 0 Å². The summed E-state index contributed by atoms with van der Waals surface area (Å²) in [6.07, 6.45) is 23.4. The fraction of sp³-hybridized carbons (Fsp3) is 0.550. The Bertz CT molecular complexity index is 448. The van der Waals surface area contributed by atoms with Gasteiger partial charge in [-0.15, -0.1) is 0 Å². The van der Waals surface area contributed by atoms with Gasteiger partial charge >= 0.3 is 0 Å². The summed E-state index contributed by atoms with van der Waals surface area (Å²) in [6, 6.07) is 0. The Hall–Kier alpha value is -1.97. The highest BCUT2D eigenvalue weighted by Crippen LogP contribution is 2.09. The first-order valence-electron chi connectivity index (χ1n) is 8.94. The summed E-state index contributed by atoms with van der Waals surface area (Å²) in [5, 5.41) is 11.0. The minimum atomic E-state index is -0.297. The molecule has 0 aliphatic heterocycles. The summed E-state index contributed by atoms with van der Waals surface area (Å²) in [7, 11) is 0. The van der Waals surface area contributed by atoms with E-state index in [1.165, 1.54) is 0 Å². The van der Waals surface area contributed by atoms with E-state index in [2.05, 4.69) is 19.1 Å². The van der Waals surface area contributed by atoms with Crippen LogP contribution in [0.2, 0.25) is 0 Å². The van der Waals surface area contributed by atoms with Crippen molar-refractivity contribution in [2.45, 2.75) is 71.1 Å². The fourth-order valence-electron chi connectivity index (χ4n) is 2.14. The highest BCUT2D eigenvalue weighted by atomic mass is 16.6. The lowest BCUT2D eigenvalue weighted by molar-refractivity contribution is -0.427. The van der Waals surface area contributed by atoms with Crippen molar-refractivity contribution >= 4 is 6.29 Å². The van der Waals surface area contributed by atoms with E-state index in [1.807, 2.05) is 24.3 Å². The molecule has 4 heteroatoms. The van der Waals surface area contributed by atoms with Crippen molar-refractivity contribution in [2.75, 3.05) is 0 Å². The quantitative estimate of drug-likeness (QED) is 0.123. The van der Waals surface area contributed by atoms with Crippen LogP contribution in [0.1, 0.15) is 71.1 Å². The van der Waals surface area contributed by atoms with Crippen molar-refractivity contribution in [3.63, 3.8) is 0 Å². The van der Waals surface area contributed by atoms with E-state index < -0.39 is 0 Å². The Balaban J connectivity index is 3.96. The van der Waals surface area contributed by atoms with Gasteiger partial charge in [0, 0.05) is 6.42 Å². The Morgan fingerprint density at radius 3 is 2.21 bits per heavy atom. The van der Waals surface area contributed by atoms with Crippen molar-refractivity contribution in [3.8, 4) is 0 Å². The predicted octanol–water partition coefficient (Wildman–Crippen LogP) is 5.94. The van der Waals surface area contributed by atoms with Gasteiger partial charge < -0.3 is 4.79 Å². The Morgan fingerprint density at radius 1 is 0.875 bits per heavy atom. The molecule has 4 nitrogen and oxygen atoms in total. The second-order valence-electron chi connectivity index (χ2n) is 5.61. The van der Waals surface area contributed by atoms with Gasteiger partial charge in [-0.3, -0.25) is 10.1 Å². The smallest absolute Gasteiger partial charge is 0.246 e. The number of carbonyl (C=O) groups is 1. The van der Waals surface area contributed by atoms with E-state index in [0.717, 1.165) is 51.2 Å². The van der Waals surface area contributed by atoms with Crippen LogP contribution in [0.25, 0.3) is 0 Å². The zero-order valence-corrected chi connectivity index (χ0v) is 14.9. The Morgan fingerprint density at radius 2 is 1.54 bits per heavy atom. The topological polar surface area (TPSA) is 60.2 Å². The average molecular weight is 333 g/mol. The lowest BCUT2D eigenvalue weighted by Crippen LogP contribution is -1.97. The van der Waals surface area contributed by atoms with Crippen molar-refractivity contribution < 1.29 is 9.72 Å². The second kappa shape index (κ2) is 17.4. The van der Waals surface area contributed by atoms with Gasteiger partial charge in [-0.2, -0.15) is 0 Å². The Labute approximate surface area is 146 Å². The normalized spacial score (nSPS) is 12.6. The van der Waals surface area contributed by atoms with Crippen LogP contribution in [0.3, 0.4) is 0 Å². The number of nitro groups is 1. The van der Waals surface area contributed by atoms with E-state index in [-0.39, 0.29) is 10.6 Å². The first kappa shape index (κ1) is 22.0. The summed E-state index contributed by atoms with van der Waals surface area (Å²) in [4.78, 5) is 20.9. The van der Waals surface area contributed by atoms with Gasteiger partial charge in [-0.25, -0.2) is 0 Å². The molecule has 0 rings (SSSR count). The van der Waals surface area contributed by atoms with Crippen LogP contribution >= 0.6 is 0 Å². The van der Waals surface area contributed by atoms with Crippen LogP contribution < -0.4 is 0 Å². The lowest BCUT2D eigenvalue weighted by atomic mass is 10.1. The zero-order chi connectivity index (χ0) is 17.9. The monoisotopic (exact) mass is 333 g/mol. The number of unbranched alkanes of at least 4 members (excludes halogenated alkanes) is 5. The molecule has 0 aromatic rings. The number of hydrogen-bond acceptors (Lipinski definition) is 3. The molecule has 0 heterocycles. The van der Waals surface area contributed by atoms with E-state index in [0.29, 0.717) is 19.3 Å². The third kappa shape index (κ3) is 14.9. The molecule has 0 N–H and O–H groups in total. The maximum atomic E-state index is 11.0.